The average Bonchev–Trinajstić information content (AvgIpc) is 2.45. The van der Waals surface area contributed by atoms with Crippen LogP contribution in [-0.2, 0) is 0 Å². The standard InChI is InChI=1S/C16H14BrClO3/c1-9-4-5-11(13(18)6-9)16(19)15-12(17)7-10(20-2)8-14(15)21-3/h4-8H,1-3H3. The van der Waals surface area contributed by atoms with Crippen molar-refractivity contribution < 1.29 is 14.3 Å². The second-order valence-electron chi connectivity index (χ2n) is 4.50. The molecule has 0 saturated carbocycles. The van der Waals surface area contributed by atoms with Crippen LogP contribution >= 0.6 is 27.5 Å². The summed E-state index contributed by atoms with van der Waals surface area (Å²) in [6.45, 7) is 1.92. The summed E-state index contributed by atoms with van der Waals surface area (Å²) in [5, 5.41) is 0.421. The minimum absolute atomic E-state index is 0.202. The normalized spacial score (nSPS) is 10.3. The van der Waals surface area contributed by atoms with E-state index in [1.807, 2.05) is 13.0 Å². The number of halogens is 2. The lowest BCUT2D eigenvalue weighted by molar-refractivity contribution is 0.103. The van der Waals surface area contributed by atoms with Gasteiger partial charge in [-0.3, -0.25) is 4.79 Å². The molecule has 0 fully saturated rings. The van der Waals surface area contributed by atoms with Gasteiger partial charge in [0.15, 0.2) is 5.78 Å². The molecule has 2 rings (SSSR count). The highest BCUT2D eigenvalue weighted by molar-refractivity contribution is 9.10. The van der Waals surface area contributed by atoms with Crippen LogP contribution in [0.5, 0.6) is 11.5 Å². The number of rotatable bonds is 4. The largest absolute Gasteiger partial charge is 0.497 e. The van der Waals surface area contributed by atoms with E-state index in [0.29, 0.717) is 32.1 Å². The Hall–Kier alpha value is -1.52. The summed E-state index contributed by atoms with van der Waals surface area (Å²) in [6, 6.07) is 8.72. The molecule has 2 aromatic carbocycles. The zero-order chi connectivity index (χ0) is 15.6. The number of hydrogen-bond acceptors (Lipinski definition) is 3. The summed E-state index contributed by atoms with van der Waals surface area (Å²) < 4.78 is 11.1. The van der Waals surface area contributed by atoms with Gasteiger partial charge < -0.3 is 9.47 Å². The fraction of sp³-hybridized carbons (Fsp3) is 0.188. The van der Waals surface area contributed by atoms with Gasteiger partial charge in [0.1, 0.15) is 11.5 Å². The Morgan fingerprint density at radius 1 is 1.14 bits per heavy atom. The van der Waals surface area contributed by atoms with Gasteiger partial charge in [-0.15, -0.1) is 0 Å². The molecule has 110 valence electrons. The first-order valence-electron chi connectivity index (χ1n) is 6.20. The predicted molar refractivity (Wildman–Crippen MR) is 86.9 cm³/mol. The smallest absolute Gasteiger partial charge is 0.199 e. The summed E-state index contributed by atoms with van der Waals surface area (Å²) in [5.41, 5.74) is 1.85. The van der Waals surface area contributed by atoms with E-state index < -0.39 is 0 Å². The van der Waals surface area contributed by atoms with E-state index in [0.717, 1.165) is 5.56 Å². The quantitative estimate of drug-likeness (QED) is 0.735. The van der Waals surface area contributed by atoms with Crippen molar-refractivity contribution in [2.45, 2.75) is 6.92 Å². The second-order valence-corrected chi connectivity index (χ2v) is 5.76. The van der Waals surface area contributed by atoms with Gasteiger partial charge in [0.2, 0.25) is 0 Å². The number of benzene rings is 2. The molecule has 0 atom stereocenters. The lowest BCUT2D eigenvalue weighted by atomic mass is 10.0. The van der Waals surface area contributed by atoms with Crippen molar-refractivity contribution in [3.05, 3.63) is 56.5 Å². The Morgan fingerprint density at radius 3 is 2.43 bits per heavy atom. The number of ether oxygens (including phenoxy) is 2. The van der Waals surface area contributed by atoms with E-state index in [1.54, 1.807) is 31.4 Å². The molecule has 0 aliphatic carbocycles. The number of carbonyl (C=O) groups excluding carboxylic acids is 1. The minimum Gasteiger partial charge on any atom is -0.497 e. The van der Waals surface area contributed by atoms with E-state index in [1.165, 1.54) is 7.11 Å². The molecular formula is C16H14BrClO3. The van der Waals surface area contributed by atoms with Crippen LogP contribution in [0.15, 0.2) is 34.8 Å². The maximum Gasteiger partial charge on any atom is 0.199 e. The molecule has 0 heterocycles. The van der Waals surface area contributed by atoms with Crippen molar-refractivity contribution >= 4 is 33.3 Å². The first kappa shape index (κ1) is 15.9. The summed E-state index contributed by atoms with van der Waals surface area (Å²) >= 11 is 9.57. The Bertz CT molecular complexity index is 698. The van der Waals surface area contributed by atoms with Crippen LogP contribution in [0.4, 0.5) is 0 Å². The maximum absolute atomic E-state index is 12.7. The van der Waals surface area contributed by atoms with Gasteiger partial charge >= 0.3 is 0 Å². The average molecular weight is 370 g/mol. The third kappa shape index (κ3) is 3.22. The van der Waals surface area contributed by atoms with Gasteiger partial charge in [-0.2, -0.15) is 0 Å². The molecule has 0 aliphatic heterocycles. The highest BCUT2D eigenvalue weighted by Gasteiger charge is 2.21. The molecule has 0 amide bonds. The second kappa shape index (κ2) is 6.50. The lowest BCUT2D eigenvalue weighted by Gasteiger charge is -2.13. The fourth-order valence-electron chi connectivity index (χ4n) is 2.00. The SMILES string of the molecule is COc1cc(Br)c(C(=O)c2ccc(C)cc2Cl)c(OC)c1. The van der Waals surface area contributed by atoms with Crippen LogP contribution in [0.1, 0.15) is 21.5 Å². The van der Waals surface area contributed by atoms with Crippen LogP contribution in [0.25, 0.3) is 0 Å². The molecular weight excluding hydrogens is 356 g/mol. The van der Waals surface area contributed by atoms with Crippen molar-refractivity contribution in [3.8, 4) is 11.5 Å². The number of methoxy groups -OCH3 is 2. The molecule has 5 heteroatoms. The Labute approximate surface area is 137 Å². The number of carbonyl (C=O) groups is 1. The molecule has 2 aromatic rings. The van der Waals surface area contributed by atoms with Gasteiger partial charge in [0, 0.05) is 16.1 Å². The van der Waals surface area contributed by atoms with Crippen molar-refractivity contribution in [2.75, 3.05) is 14.2 Å². The van der Waals surface area contributed by atoms with Gasteiger partial charge in [-0.25, -0.2) is 0 Å². The van der Waals surface area contributed by atoms with E-state index in [9.17, 15) is 4.79 Å². The molecule has 0 radical (unpaired) electrons. The molecule has 0 saturated heterocycles. The van der Waals surface area contributed by atoms with Crippen molar-refractivity contribution in [1.82, 2.24) is 0 Å². The first-order valence-corrected chi connectivity index (χ1v) is 7.37. The van der Waals surface area contributed by atoms with Crippen LogP contribution in [-0.4, -0.2) is 20.0 Å². The van der Waals surface area contributed by atoms with Crippen molar-refractivity contribution in [1.29, 1.82) is 0 Å². The Kier molecular flexibility index (Phi) is 4.91. The molecule has 0 N–H and O–H groups in total. The van der Waals surface area contributed by atoms with E-state index in [-0.39, 0.29) is 5.78 Å². The highest BCUT2D eigenvalue weighted by Crippen LogP contribution is 2.35. The molecule has 21 heavy (non-hydrogen) atoms. The maximum atomic E-state index is 12.7. The summed E-state index contributed by atoms with van der Waals surface area (Å²) in [4.78, 5) is 12.7. The van der Waals surface area contributed by atoms with Crippen LogP contribution < -0.4 is 9.47 Å². The Balaban J connectivity index is 2.57. The molecule has 3 nitrogen and oxygen atoms in total. The lowest BCUT2D eigenvalue weighted by Crippen LogP contribution is -2.06. The van der Waals surface area contributed by atoms with Crippen molar-refractivity contribution in [3.63, 3.8) is 0 Å². The van der Waals surface area contributed by atoms with Gasteiger partial charge in [-0.1, -0.05) is 17.7 Å². The van der Waals surface area contributed by atoms with Crippen molar-refractivity contribution in [2.24, 2.45) is 0 Å². The predicted octanol–water partition coefficient (Wildman–Crippen LogP) is 4.66. The third-order valence-corrected chi connectivity index (χ3v) is 4.02. The Morgan fingerprint density at radius 2 is 1.86 bits per heavy atom. The number of ketones is 1. The molecule has 0 unspecified atom stereocenters. The monoisotopic (exact) mass is 368 g/mol. The topological polar surface area (TPSA) is 35.5 Å². The number of hydrogen-bond donors (Lipinski definition) is 0. The summed E-state index contributed by atoms with van der Waals surface area (Å²) in [6.07, 6.45) is 0. The van der Waals surface area contributed by atoms with Crippen LogP contribution in [0.3, 0.4) is 0 Å². The molecule has 0 bridgehead atoms. The van der Waals surface area contributed by atoms with E-state index in [4.69, 9.17) is 21.1 Å². The first-order chi connectivity index (χ1) is 9.97. The highest BCUT2D eigenvalue weighted by atomic mass is 79.9. The minimum atomic E-state index is -0.202. The van der Waals surface area contributed by atoms with E-state index in [2.05, 4.69) is 15.9 Å². The van der Waals surface area contributed by atoms with Gasteiger partial charge in [-0.05, 0) is 46.6 Å². The van der Waals surface area contributed by atoms with E-state index >= 15 is 0 Å². The number of aryl methyl sites for hydroxylation is 1. The summed E-state index contributed by atoms with van der Waals surface area (Å²) in [7, 11) is 3.06. The van der Waals surface area contributed by atoms with Gasteiger partial charge in [0.25, 0.3) is 0 Å². The fourth-order valence-corrected chi connectivity index (χ4v) is 2.92. The zero-order valence-corrected chi connectivity index (χ0v) is 14.2. The zero-order valence-electron chi connectivity index (χ0n) is 11.9. The molecule has 0 aromatic heterocycles. The molecule has 0 spiro atoms. The summed E-state index contributed by atoms with van der Waals surface area (Å²) in [5.74, 6) is 0.833. The van der Waals surface area contributed by atoms with Gasteiger partial charge in [0.05, 0.1) is 24.8 Å². The van der Waals surface area contributed by atoms with Crippen LogP contribution in [0.2, 0.25) is 5.02 Å². The molecule has 0 aliphatic rings. The third-order valence-electron chi connectivity index (χ3n) is 3.08. The van der Waals surface area contributed by atoms with Crippen LogP contribution in [0, 0.1) is 6.92 Å².